The van der Waals surface area contributed by atoms with E-state index < -0.39 is 0 Å². The first kappa shape index (κ1) is 17.5. The van der Waals surface area contributed by atoms with Crippen molar-refractivity contribution in [1.29, 1.82) is 0 Å². The molecule has 0 bridgehead atoms. The lowest BCUT2D eigenvalue weighted by Crippen LogP contribution is -2.42. The highest BCUT2D eigenvalue weighted by Gasteiger charge is 2.15. The van der Waals surface area contributed by atoms with Gasteiger partial charge in [0, 0.05) is 31.6 Å². The number of benzene rings is 1. The van der Waals surface area contributed by atoms with Gasteiger partial charge in [-0.25, -0.2) is 0 Å². The highest BCUT2D eigenvalue weighted by atomic mass is 16.5. The van der Waals surface area contributed by atoms with E-state index in [1.54, 1.807) is 0 Å². The van der Waals surface area contributed by atoms with Gasteiger partial charge >= 0.3 is 0 Å². The molecule has 1 heterocycles. The molecule has 2 N–H and O–H groups in total. The van der Waals surface area contributed by atoms with Crippen LogP contribution in [0.5, 0.6) is 0 Å². The quantitative estimate of drug-likeness (QED) is 0.624. The van der Waals surface area contributed by atoms with Crippen LogP contribution in [-0.4, -0.2) is 35.7 Å². The highest BCUT2D eigenvalue weighted by molar-refractivity contribution is 5.80. The van der Waals surface area contributed by atoms with Crippen molar-refractivity contribution in [1.82, 2.24) is 20.8 Å². The first-order chi connectivity index (χ1) is 12.3. The van der Waals surface area contributed by atoms with E-state index in [-0.39, 0.29) is 0 Å². The SMILES string of the molecule is CCc1noc(-c2ccc(CCNC(=NC)NC3CCCC3)cc2)n1. The van der Waals surface area contributed by atoms with Crippen LogP contribution in [0.2, 0.25) is 0 Å². The van der Waals surface area contributed by atoms with Gasteiger partial charge in [0.05, 0.1) is 0 Å². The van der Waals surface area contributed by atoms with E-state index in [4.69, 9.17) is 4.52 Å². The molecular weight excluding hydrogens is 314 g/mol. The summed E-state index contributed by atoms with van der Waals surface area (Å²) in [6.07, 6.45) is 6.86. The van der Waals surface area contributed by atoms with Crippen molar-refractivity contribution in [2.45, 2.75) is 51.5 Å². The Morgan fingerprint density at radius 3 is 2.64 bits per heavy atom. The third-order valence-corrected chi connectivity index (χ3v) is 4.61. The minimum atomic E-state index is 0.577. The molecule has 0 spiro atoms. The summed E-state index contributed by atoms with van der Waals surface area (Å²) in [6.45, 7) is 2.87. The number of hydrogen-bond acceptors (Lipinski definition) is 4. The van der Waals surface area contributed by atoms with Gasteiger partial charge in [-0.15, -0.1) is 0 Å². The highest BCUT2D eigenvalue weighted by Crippen LogP contribution is 2.18. The lowest BCUT2D eigenvalue weighted by atomic mass is 10.1. The van der Waals surface area contributed by atoms with E-state index >= 15 is 0 Å². The van der Waals surface area contributed by atoms with Gasteiger partial charge in [0.1, 0.15) is 0 Å². The summed E-state index contributed by atoms with van der Waals surface area (Å²) in [6, 6.07) is 8.87. The second-order valence-electron chi connectivity index (χ2n) is 6.44. The fraction of sp³-hybridized carbons (Fsp3) is 0.526. The van der Waals surface area contributed by atoms with Crippen molar-refractivity contribution in [2.24, 2.45) is 4.99 Å². The van der Waals surface area contributed by atoms with Crippen molar-refractivity contribution < 1.29 is 4.52 Å². The average Bonchev–Trinajstić information content (AvgIpc) is 3.33. The minimum Gasteiger partial charge on any atom is -0.356 e. The van der Waals surface area contributed by atoms with Crippen LogP contribution in [0.25, 0.3) is 11.5 Å². The maximum Gasteiger partial charge on any atom is 0.257 e. The van der Waals surface area contributed by atoms with Crippen molar-refractivity contribution in [3.63, 3.8) is 0 Å². The van der Waals surface area contributed by atoms with Crippen molar-refractivity contribution in [3.05, 3.63) is 35.7 Å². The molecule has 0 saturated heterocycles. The molecule has 25 heavy (non-hydrogen) atoms. The molecule has 1 aliphatic carbocycles. The lowest BCUT2D eigenvalue weighted by Gasteiger charge is -2.16. The summed E-state index contributed by atoms with van der Waals surface area (Å²) in [5, 5.41) is 10.8. The molecule has 2 aromatic rings. The first-order valence-corrected chi connectivity index (χ1v) is 9.17. The molecule has 0 unspecified atom stereocenters. The second kappa shape index (κ2) is 8.65. The Kier molecular flexibility index (Phi) is 6.04. The Bertz CT molecular complexity index is 686. The summed E-state index contributed by atoms with van der Waals surface area (Å²) in [4.78, 5) is 8.67. The largest absolute Gasteiger partial charge is 0.356 e. The first-order valence-electron chi connectivity index (χ1n) is 9.17. The Labute approximate surface area is 149 Å². The minimum absolute atomic E-state index is 0.577. The molecule has 1 aliphatic rings. The molecule has 1 aromatic carbocycles. The molecular formula is C19H27N5O. The Balaban J connectivity index is 1.48. The molecule has 1 saturated carbocycles. The van der Waals surface area contributed by atoms with E-state index in [9.17, 15) is 0 Å². The van der Waals surface area contributed by atoms with Crippen molar-refractivity contribution >= 4 is 5.96 Å². The number of aromatic nitrogens is 2. The van der Waals surface area contributed by atoms with Crippen LogP contribution in [0, 0.1) is 0 Å². The van der Waals surface area contributed by atoms with Crippen molar-refractivity contribution in [3.8, 4) is 11.5 Å². The zero-order chi connectivity index (χ0) is 17.5. The molecule has 6 nitrogen and oxygen atoms in total. The van der Waals surface area contributed by atoms with E-state index in [2.05, 4.69) is 37.9 Å². The van der Waals surface area contributed by atoms with Gasteiger partial charge in [-0.05, 0) is 37.0 Å². The van der Waals surface area contributed by atoms with Gasteiger partial charge in [0.25, 0.3) is 5.89 Å². The smallest absolute Gasteiger partial charge is 0.257 e. The molecule has 0 aliphatic heterocycles. The number of nitrogens with zero attached hydrogens (tertiary/aromatic N) is 3. The van der Waals surface area contributed by atoms with Crippen LogP contribution in [-0.2, 0) is 12.8 Å². The topological polar surface area (TPSA) is 75.3 Å². The summed E-state index contributed by atoms with van der Waals surface area (Å²) in [5.74, 6) is 2.23. The van der Waals surface area contributed by atoms with E-state index in [0.29, 0.717) is 11.9 Å². The van der Waals surface area contributed by atoms with Crippen LogP contribution in [0.4, 0.5) is 0 Å². The van der Waals surface area contributed by atoms with Crippen LogP contribution in [0.15, 0.2) is 33.8 Å². The van der Waals surface area contributed by atoms with Gasteiger partial charge in [-0.1, -0.05) is 37.1 Å². The summed E-state index contributed by atoms with van der Waals surface area (Å²) in [5.41, 5.74) is 2.23. The number of aliphatic imine (C=N–C) groups is 1. The summed E-state index contributed by atoms with van der Waals surface area (Å²) >= 11 is 0. The Morgan fingerprint density at radius 2 is 2.00 bits per heavy atom. The van der Waals surface area contributed by atoms with Crippen LogP contribution >= 0.6 is 0 Å². The third-order valence-electron chi connectivity index (χ3n) is 4.61. The van der Waals surface area contributed by atoms with Gasteiger partial charge < -0.3 is 15.2 Å². The number of aryl methyl sites for hydroxylation is 1. The monoisotopic (exact) mass is 341 g/mol. The standard InChI is InChI=1S/C19H27N5O/c1-3-17-23-18(25-24-17)15-10-8-14(9-11-15)12-13-21-19(20-2)22-16-6-4-5-7-16/h8-11,16H,3-7,12-13H2,1-2H3,(H2,20,21,22). The molecule has 3 rings (SSSR count). The van der Waals surface area contributed by atoms with Crippen molar-refractivity contribution in [2.75, 3.05) is 13.6 Å². The predicted molar refractivity (Wildman–Crippen MR) is 99.6 cm³/mol. The number of nitrogens with one attached hydrogen (secondary N) is 2. The molecule has 0 radical (unpaired) electrons. The fourth-order valence-electron chi connectivity index (χ4n) is 3.11. The van der Waals surface area contributed by atoms with Gasteiger partial charge in [0.2, 0.25) is 0 Å². The third kappa shape index (κ3) is 4.81. The van der Waals surface area contributed by atoms with Crippen LogP contribution < -0.4 is 10.6 Å². The number of hydrogen-bond donors (Lipinski definition) is 2. The lowest BCUT2D eigenvalue weighted by molar-refractivity contribution is 0.423. The summed E-state index contributed by atoms with van der Waals surface area (Å²) in [7, 11) is 1.83. The van der Waals surface area contributed by atoms with Gasteiger partial charge in [-0.2, -0.15) is 4.98 Å². The Morgan fingerprint density at radius 1 is 1.24 bits per heavy atom. The van der Waals surface area contributed by atoms with E-state index in [1.165, 1.54) is 31.2 Å². The van der Waals surface area contributed by atoms with E-state index in [0.717, 1.165) is 36.7 Å². The molecule has 1 aromatic heterocycles. The molecule has 134 valence electrons. The van der Waals surface area contributed by atoms with Crippen LogP contribution in [0.1, 0.15) is 44.0 Å². The predicted octanol–water partition coefficient (Wildman–Crippen LogP) is 2.95. The summed E-state index contributed by atoms with van der Waals surface area (Å²) < 4.78 is 5.27. The maximum atomic E-state index is 5.27. The zero-order valence-corrected chi connectivity index (χ0v) is 15.1. The molecule has 6 heteroatoms. The molecule has 0 amide bonds. The number of rotatable bonds is 6. The maximum absolute atomic E-state index is 5.27. The molecule has 0 atom stereocenters. The van der Waals surface area contributed by atoms with E-state index in [1.807, 2.05) is 26.1 Å². The van der Waals surface area contributed by atoms with Crippen LogP contribution in [0.3, 0.4) is 0 Å². The fourth-order valence-corrected chi connectivity index (χ4v) is 3.11. The Hall–Kier alpha value is -2.37. The van der Waals surface area contributed by atoms with Gasteiger partial charge in [0.15, 0.2) is 11.8 Å². The normalized spacial score (nSPS) is 15.5. The van der Waals surface area contributed by atoms with Gasteiger partial charge in [-0.3, -0.25) is 4.99 Å². The number of guanidine groups is 1. The second-order valence-corrected chi connectivity index (χ2v) is 6.44. The average molecular weight is 341 g/mol. The zero-order valence-electron chi connectivity index (χ0n) is 15.1. The molecule has 1 fully saturated rings.